The lowest BCUT2D eigenvalue weighted by Crippen LogP contribution is -2.16. The van der Waals surface area contributed by atoms with E-state index in [4.69, 9.17) is 18.6 Å². The Morgan fingerprint density at radius 2 is 1.64 bits per heavy atom. The van der Waals surface area contributed by atoms with Gasteiger partial charge in [0.25, 0.3) is 0 Å². The number of nitrogens with one attached hydrogen (secondary N) is 1. The first-order valence-electron chi connectivity index (χ1n) is 15.3. The molecule has 0 saturated carbocycles. The van der Waals surface area contributed by atoms with E-state index in [1.54, 1.807) is 12.1 Å². The molecule has 0 radical (unpaired) electrons. The summed E-state index contributed by atoms with van der Waals surface area (Å²) in [6.45, 7) is 7.07. The molecule has 0 aliphatic carbocycles. The molecule has 0 bridgehead atoms. The van der Waals surface area contributed by atoms with Crippen LogP contribution in [0.25, 0.3) is 16.5 Å². The van der Waals surface area contributed by atoms with Crippen LogP contribution in [0.5, 0.6) is 17.2 Å². The van der Waals surface area contributed by atoms with E-state index in [1.807, 2.05) is 61.5 Å². The highest BCUT2D eigenvalue weighted by Gasteiger charge is 2.14. The molecule has 0 saturated heterocycles. The first-order valence-corrected chi connectivity index (χ1v) is 16.0. The topological polar surface area (TPSA) is 87.2 Å². The van der Waals surface area contributed by atoms with Gasteiger partial charge in [-0.3, -0.25) is 4.79 Å². The van der Waals surface area contributed by atoms with Crippen LogP contribution < -0.4 is 19.6 Å². The number of hydrogen-bond acceptors (Lipinski definition) is 6. The van der Waals surface area contributed by atoms with E-state index >= 15 is 0 Å². The number of rotatable bonds is 12. The molecule has 1 amide bonds. The van der Waals surface area contributed by atoms with Crippen LogP contribution in [0.1, 0.15) is 45.8 Å². The zero-order chi connectivity index (χ0) is 32.8. The molecule has 6 aromatic rings. The molecule has 2 aromatic heterocycles. The Morgan fingerprint density at radius 3 is 2.43 bits per heavy atom. The minimum Gasteiger partial charge on any atom is -0.490 e. The van der Waals surface area contributed by atoms with Gasteiger partial charge in [-0.1, -0.05) is 42.5 Å². The Hall–Kier alpha value is -5.28. The number of hydrogen-bond donors (Lipinski definition) is 1. The third kappa shape index (κ3) is 7.42. The zero-order valence-corrected chi connectivity index (χ0v) is 27.9. The van der Waals surface area contributed by atoms with Gasteiger partial charge in [0.05, 0.1) is 17.3 Å². The van der Waals surface area contributed by atoms with Gasteiger partial charge >= 0.3 is 5.91 Å². The number of ether oxygens (including phenoxy) is 3. The number of nitrogens with zero attached hydrogens (tertiary/aromatic N) is 2. The SMILES string of the molecule is CCOc1cc(/C=N/NC(=O)c2ccc(COc3ccc(-n4c(C)ccc4C)cc3)o2)cc(Br)c1OCc1cccc2ccccc12. The number of aryl methyl sites for hydroxylation is 2. The van der Waals surface area contributed by atoms with Crippen LogP contribution in [0.4, 0.5) is 0 Å². The summed E-state index contributed by atoms with van der Waals surface area (Å²) in [6, 6.07) is 33.4. The van der Waals surface area contributed by atoms with Gasteiger partial charge < -0.3 is 23.2 Å². The molecular formula is C38H34BrN3O5. The normalized spacial score (nSPS) is 11.2. The minimum atomic E-state index is -0.478. The summed E-state index contributed by atoms with van der Waals surface area (Å²) in [6.07, 6.45) is 1.53. The summed E-state index contributed by atoms with van der Waals surface area (Å²) < 4.78 is 26.6. The quantitative estimate of drug-likeness (QED) is 0.102. The lowest BCUT2D eigenvalue weighted by Gasteiger charge is -2.15. The molecule has 0 aliphatic rings. The summed E-state index contributed by atoms with van der Waals surface area (Å²) in [5.41, 5.74) is 7.70. The fourth-order valence-electron chi connectivity index (χ4n) is 5.35. The summed E-state index contributed by atoms with van der Waals surface area (Å²) in [4.78, 5) is 12.7. The molecule has 238 valence electrons. The van der Waals surface area contributed by atoms with E-state index < -0.39 is 5.91 Å². The number of fused-ring (bicyclic) bond motifs is 1. The monoisotopic (exact) mass is 691 g/mol. The second kappa shape index (κ2) is 14.4. The third-order valence-electron chi connectivity index (χ3n) is 7.60. The molecule has 1 N–H and O–H groups in total. The van der Waals surface area contributed by atoms with Crippen molar-refractivity contribution in [1.29, 1.82) is 0 Å². The highest BCUT2D eigenvalue weighted by atomic mass is 79.9. The van der Waals surface area contributed by atoms with E-state index in [0.29, 0.717) is 46.3 Å². The number of carbonyl (C=O) groups is 1. The number of halogens is 1. The molecule has 0 atom stereocenters. The van der Waals surface area contributed by atoms with Gasteiger partial charge in [0.2, 0.25) is 0 Å². The van der Waals surface area contributed by atoms with Gasteiger partial charge in [0.1, 0.15) is 24.7 Å². The Labute approximate surface area is 281 Å². The number of hydrazone groups is 1. The van der Waals surface area contributed by atoms with Crippen molar-refractivity contribution in [2.24, 2.45) is 5.10 Å². The van der Waals surface area contributed by atoms with Crippen molar-refractivity contribution in [3.8, 4) is 22.9 Å². The van der Waals surface area contributed by atoms with Crippen LogP contribution in [-0.2, 0) is 13.2 Å². The molecule has 0 aliphatic heterocycles. The van der Waals surface area contributed by atoms with E-state index in [-0.39, 0.29) is 12.4 Å². The predicted molar refractivity (Wildman–Crippen MR) is 187 cm³/mol. The van der Waals surface area contributed by atoms with Gasteiger partial charge in [-0.2, -0.15) is 5.10 Å². The largest absolute Gasteiger partial charge is 0.490 e. The van der Waals surface area contributed by atoms with Crippen molar-refractivity contribution in [2.45, 2.75) is 34.0 Å². The second-order valence-electron chi connectivity index (χ2n) is 10.9. The molecule has 6 rings (SSSR count). The smallest absolute Gasteiger partial charge is 0.307 e. The van der Waals surface area contributed by atoms with Crippen LogP contribution in [0, 0.1) is 13.8 Å². The van der Waals surface area contributed by atoms with Gasteiger partial charge in [-0.05, 0) is 119 Å². The summed E-state index contributed by atoms with van der Waals surface area (Å²) in [5, 5.41) is 6.43. The standard InChI is InChI=1S/C38H34BrN3O5/c1-4-44-36-21-27(20-34(39)37(36)46-23-29-10-7-9-28-8-5-6-11-33(28)29)22-40-41-38(43)35-19-18-32(47-35)24-45-31-16-14-30(15-17-31)42-25(2)12-13-26(42)3/h5-22H,4,23-24H2,1-3H3,(H,41,43)/b40-22+. The molecule has 9 heteroatoms. The molecule has 4 aromatic carbocycles. The Bertz CT molecular complexity index is 2020. The predicted octanol–water partition coefficient (Wildman–Crippen LogP) is 8.92. The van der Waals surface area contributed by atoms with Crippen molar-refractivity contribution in [1.82, 2.24) is 9.99 Å². The number of benzene rings is 4. The van der Waals surface area contributed by atoms with Crippen molar-refractivity contribution in [2.75, 3.05) is 6.61 Å². The van der Waals surface area contributed by atoms with E-state index in [9.17, 15) is 4.79 Å². The molecule has 0 unspecified atom stereocenters. The highest BCUT2D eigenvalue weighted by molar-refractivity contribution is 9.10. The maximum atomic E-state index is 12.7. The Kier molecular flexibility index (Phi) is 9.73. The Balaban J connectivity index is 1.05. The van der Waals surface area contributed by atoms with Crippen molar-refractivity contribution in [3.05, 3.63) is 142 Å². The summed E-state index contributed by atoms with van der Waals surface area (Å²) >= 11 is 3.62. The zero-order valence-electron chi connectivity index (χ0n) is 26.3. The van der Waals surface area contributed by atoms with Gasteiger partial charge in [0.15, 0.2) is 17.3 Å². The maximum absolute atomic E-state index is 12.7. The fourth-order valence-corrected chi connectivity index (χ4v) is 5.93. The first-order chi connectivity index (χ1) is 22.9. The molecular weight excluding hydrogens is 658 g/mol. The van der Waals surface area contributed by atoms with E-state index in [0.717, 1.165) is 22.0 Å². The van der Waals surface area contributed by atoms with Crippen LogP contribution in [0.15, 0.2) is 117 Å². The second-order valence-corrected chi connectivity index (χ2v) is 11.7. The molecule has 47 heavy (non-hydrogen) atoms. The fraction of sp³-hybridized carbons (Fsp3) is 0.158. The lowest BCUT2D eigenvalue weighted by molar-refractivity contribution is 0.0923. The van der Waals surface area contributed by atoms with E-state index in [2.05, 4.69) is 81.3 Å². The highest BCUT2D eigenvalue weighted by Crippen LogP contribution is 2.37. The average Bonchev–Trinajstić information content (AvgIpc) is 3.69. The Morgan fingerprint density at radius 1 is 0.872 bits per heavy atom. The third-order valence-corrected chi connectivity index (χ3v) is 8.19. The average molecular weight is 693 g/mol. The van der Waals surface area contributed by atoms with Crippen LogP contribution in [-0.4, -0.2) is 23.3 Å². The molecule has 0 spiro atoms. The van der Waals surface area contributed by atoms with Gasteiger partial charge in [-0.25, -0.2) is 5.43 Å². The summed E-state index contributed by atoms with van der Waals surface area (Å²) in [7, 11) is 0. The van der Waals surface area contributed by atoms with Gasteiger partial charge in [-0.15, -0.1) is 0 Å². The van der Waals surface area contributed by atoms with E-state index in [1.165, 1.54) is 17.6 Å². The number of aromatic nitrogens is 1. The molecule has 8 nitrogen and oxygen atoms in total. The van der Waals surface area contributed by atoms with Crippen molar-refractivity contribution >= 4 is 38.8 Å². The molecule has 2 heterocycles. The minimum absolute atomic E-state index is 0.128. The van der Waals surface area contributed by atoms with Crippen LogP contribution in [0.3, 0.4) is 0 Å². The van der Waals surface area contributed by atoms with Crippen molar-refractivity contribution in [3.63, 3.8) is 0 Å². The maximum Gasteiger partial charge on any atom is 0.307 e. The number of furan rings is 1. The number of carbonyl (C=O) groups excluding carboxylic acids is 1. The summed E-state index contributed by atoms with van der Waals surface area (Å²) in [5.74, 6) is 2.02. The first kappa shape index (κ1) is 31.7. The lowest BCUT2D eigenvalue weighted by atomic mass is 10.1. The number of amides is 1. The van der Waals surface area contributed by atoms with Crippen LogP contribution >= 0.6 is 15.9 Å². The molecule has 0 fully saturated rings. The van der Waals surface area contributed by atoms with Gasteiger partial charge in [0, 0.05) is 17.1 Å². The van der Waals surface area contributed by atoms with Crippen molar-refractivity contribution < 1.29 is 23.4 Å². The van der Waals surface area contributed by atoms with Crippen LogP contribution in [0.2, 0.25) is 0 Å².